The number of rotatable bonds is 4. The number of hydrogen-bond donors (Lipinski definition) is 1. The number of likely N-dealkylation sites (tertiary alicyclic amines) is 2. The van der Waals surface area contributed by atoms with Crippen molar-refractivity contribution in [3.8, 4) is 0 Å². The van der Waals surface area contributed by atoms with Gasteiger partial charge in [0.1, 0.15) is 0 Å². The lowest BCUT2D eigenvalue weighted by molar-refractivity contribution is -0.138. The number of carbonyl (C=O) groups is 2. The molecule has 2 saturated heterocycles. The lowest BCUT2D eigenvalue weighted by Gasteiger charge is -2.35. The standard InChI is InChI=1S/C14H25N3O2/c1-10(2)15-8-11-5-4-6-17(9-11)12-7-13(18)16(3)14(12)19/h10-12,15H,4-9H2,1-3H3. The van der Waals surface area contributed by atoms with Gasteiger partial charge in [-0.2, -0.15) is 0 Å². The van der Waals surface area contributed by atoms with E-state index >= 15 is 0 Å². The molecule has 2 aliphatic rings. The van der Waals surface area contributed by atoms with Crippen LogP contribution in [0.25, 0.3) is 0 Å². The number of nitrogens with one attached hydrogen (secondary N) is 1. The van der Waals surface area contributed by atoms with Crippen molar-refractivity contribution < 1.29 is 9.59 Å². The van der Waals surface area contributed by atoms with Crippen LogP contribution < -0.4 is 5.32 Å². The van der Waals surface area contributed by atoms with Gasteiger partial charge in [0.2, 0.25) is 11.8 Å². The largest absolute Gasteiger partial charge is 0.314 e. The van der Waals surface area contributed by atoms with Crippen LogP contribution in [0.1, 0.15) is 33.1 Å². The summed E-state index contributed by atoms with van der Waals surface area (Å²) in [7, 11) is 1.59. The molecule has 2 fully saturated rings. The van der Waals surface area contributed by atoms with E-state index in [2.05, 4.69) is 24.1 Å². The Morgan fingerprint density at radius 1 is 1.37 bits per heavy atom. The van der Waals surface area contributed by atoms with Crippen LogP contribution >= 0.6 is 0 Å². The van der Waals surface area contributed by atoms with Gasteiger partial charge in [0.15, 0.2) is 0 Å². The SMILES string of the molecule is CC(C)NCC1CCCN(C2CC(=O)N(C)C2=O)C1. The molecule has 0 saturated carbocycles. The van der Waals surface area contributed by atoms with E-state index in [1.807, 2.05) is 0 Å². The van der Waals surface area contributed by atoms with E-state index in [9.17, 15) is 9.59 Å². The molecule has 2 rings (SSSR count). The molecule has 0 radical (unpaired) electrons. The Balaban J connectivity index is 1.90. The third kappa shape index (κ3) is 3.34. The van der Waals surface area contributed by atoms with Crippen LogP contribution in [-0.2, 0) is 9.59 Å². The van der Waals surface area contributed by atoms with Crippen LogP contribution in [0.2, 0.25) is 0 Å². The molecule has 5 heteroatoms. The van der Waals surface area contributed by atoms with Crippen LogP contribution in [0, 0.1) is 5.92 Å². The molecule has 0 bridgehead atoms. The van der Waals surface area contributed by atoms with E-state index in [0.717, 1.165) is 26.1 Å². The van der Waals surface area contributed by atoms with Crippen molar-refractivity contribution in [2.75, 3.05) is 26.7 Å². The average molecular weight is 267 g/mol. The highest BCUT2D eigenvalue weighted by Gasteiger charge is 2.40. The Morgan fingerprint density at radius 3 is 2.68 bits per heavy atom. The normalized spacial score (nSPS) is 29.6. The molecule has 0 aliphatic carbocycles. The second-order valence-corrected chi connectivity index (χ2v) is 6.08. The zero-order valence-electron chi connectivity index (χ0n) is 12.2. The lowest BCUT2D eigenvalue weighted by atomic mass is 9.96. The molecular formula is C14H25N3O2. The fourth-order valence-electron chi connectivity index (χ4n) is 2.97. The fraction of sp³-hybridized carbons (Fsp3) is 0.857. The summed E-state index contributed by atoms with van der Waals surface area (Å²) in [6.07, 6.45) is 2.69. The molecule has 2 aliphatic heterocycles. The smallest absolute Gasteiger partial charge is 0.246 e. The van der Waals surface area contributed by atoms with Crippen molar-refractivity contribution in [3.05, 3.63) is 0 Å². The highest BCUT2D eigenvalue weighted by atomic mass is 16.2. The summed E-state index contributed by atoms with van der Waals surface area (Å²) < 4.78 is 0. The summed E-state index contributed by atoms with van der Waals surface area (Å²) in [6.45, 7) is 7.16. The van der Waals surface area contributed by atoms with Crippen LogP contribution in [0.4, 0.5) is 0 Å². The molecule has 19 heavy (non-hydrogen) atoms. The summed E-state index contributed by atoms with van der Waals surface area (Å²) in [6, 6.07) is 0.288. The van der Waals surface area contributed by atoms with Crippen molar-refractivity contribution in [1.82, 2.24) is 15.1 Å². The first-order valence-electron chi connectivity index (χ1n) is 7.27. The molecule has 2 unspecified atom stereocenters. The van der Waals surface area contributed by atoms with E-state index in [1.54, 1.807) is 7.05 Å². The fourth-order valence-corrected chi connectivity index (χ4v) is 2.97. The number of nitrogens with zero attached hydrogens (tertiary/aromatic N) is 2. The van der Waals surface area contributed by atoms with E-state index in [4.69, 9.17) is 0 Å². The summed E-state index contributed by atoms with van der Waals surface area (Å²) in [5.74, 6) is 0.518. The van der Waals surface area contributed by atoms with E-state index in [0.29, 0.717) is 18.4 Å². The molecule has 2 heterocycles. The molecule has 0 spiro atoms. The lowest BCUT2D eigenvalue weighted by Crippen LogP contribution is -2.48. The second kappa shape index (κ2) is 6.01. The van der Waals surface area contributed by atoms with Gasteiger partial charge in [-0.25, -0.2) is 0 Å². The first kappa shape index (κ1) is 14.5. The van der Waals surface area contributed by atoms with Gasteiger partial charge in [0.25, 0.3) is 0 Å². The Labute approximate surface area is 115 Å². The van der Waals surface area contributed by atoms with Crippen molar-refractivity contribution in [3.63, 3.8) is 0 Å². The zero-order chi connectivity index (χ0) is 14.0. The van der Waals surface area contributed by atoms with Crippen molar-refractivity contribution in [1.29, 1.82) is 0 Å². The van der Waals surface area contributed by atoms with E-state index in [-0.39, 0.29) is 17.9 Å². The van der Waals surface area contributed by atoms with Gasteiger partial charge in [-0.3, -0.25) is 19.4 Å². The van der Waals surface area contributed by atoms with Gasteiger partial charge in [-0.15, -0.1) is 0 Å². The number of hydrogen-bond acceptors (Lipinski definition) is 4. The molecule has 108 valence electrons. The molecule has 2 atom stereocenters. The minimum atomic E-state index is -0.209. The van der Waals surface area contributed by atoms with Crippen LogP contribution in [-0.4, -0.2) is 60.4 Å². The summed E-state index contributed by atoms with van der Waals surface area (Å²) in [4.78, 5) is 27.1. The highest BCUT2D eigenvalue weighted by Crippen LogP contribution is 2.24. The molecule has 0 aromatic heterocycles. The number of imide groups is 1. The predicted octanol–water partition coefficient (Wildman–Crippen LogP) is 0.454. The Hall–Kier alpha value is -0.940. The van der Waals surface area contributed by atoms with Gasteiger partial charge in [-0.1, -0.05) is 13.8 Å². The minimum Gasteiger partial charge on any atom is -0.314 e. The van der Waals surface area contributed by atoms with Gasteiger partial charge in [0, 0.05) is 19.6 Å². The quantitative estimate of drug-likeness (QED) is 0.752. The Morgan fingerprint density at radius 2 is 2.11 bits per heavy atom. The number of amides is 2. The monoisotopic (exact) mass is 267 g/mol. The van der Waals surface area contributed by atoms with Gasteiger partial charge >= 0.3 is 0 Å². The number of likely N-dealkylation sites (N-methyl/N-ethyl adjacent to an activating group) is 1. The molecule has 0 aromatic carbocycles. The Kier molecular flexibility index (Phi) is 4.58. The minimum absolute atomic E-state index is 0.0255. The predicted molar refractivity (Wildman–Crippen MR) is 73.6 cm³/mol. The number of carbonyl (C=O) groups excluding carboxylic acids is 2. The molecule has 5 nitrogen and oxygen atoms in total. The molecular weight excluding hydrogens is 242 g/mol. The maximum absolute atomic E-state index is 12.0. The van der Waals surface area contributed by atoms with E-state index < -0.39 is 0 Å². The zero-order valence-corrected chi connectivity index (χ0v) is 12.2. The number of piperidine rings is 1. The third-order valence-electron chi connectivity index (χ3n) is 4.16. The first-order chi connectivity index (χ1) is 8.99. The first-order valence-corrected chi connectivity index (χ1v) is 7.27. The molecule has 2 amide bonds. The highest BCUT2D eigenvalue weighted by molar-refractivity contribution is 6.05. The van der Waals surface area contributed by atoms with Crippen LogP contribution in [0.5, 0.6) is 0 Å². The summed E-state index contributed by atoms with van der Waals surface area (Å²) >= 11 is 0. The van der Waals surface area contributed by atoms with Crippen LogP contribution in [0.15, 0.2) is 0 Å². The summed E-state index contributed by atoms with van der Waals surface area (Å²) in [5, 5.41) is 3.47. The Bertz CT molecular complexity index is 357. The summed E-state index contributed by atoms with van der Waals surface area (Å²) in [5.41, 5.74) is 0. The maximum atomic E-state index is 12.0. The van der Waals surface area contributed by atoms with Crippen LogP contribution in [0.3, 0.4) is 0 Å². The third-order valence-corrected chi connectivity index (χ3v) is 4.16. The second-order valence-electron chi connectivity index (χ2n) is 6.08. The van der Waals surface area contributed by atoms with Crippen molar-refractivity contribution in [2.24, 2.45) is 5.92 Å². The van der Waals surface area contributed by atoms with Crippen molar-refractivity contribution in [2.45, 2.75) is 45.2 Å². The van der Waals surface area contributed by atoms with Gasteiger partial charge in [0.05, 0.1) is 12.5 Å². The van der Waals surface area contributed by atoms with Crippen molar-refractivity contribution >= 4 is 11.8 Å². The maximum Gasteiger partial charge on any atom is 0.246 e. The average Bonchev–Trinajstić information content (AvgIpc) is 2.64. The topological polar surface area (TPSA) is 52.7 Å². The van der Waals surface area contributed by atoms with E-state index in [1.165, 1.54) is 11.3 Å². The van der Waals surface area contributed by atoms with Gasteiger partial charge in [-0.05, 0) is 31.8 Å². The van der Waals surface area contributed by atoms with Gasteiger partial charge < -0.3 is 5.32 Å². The molecule has 1 N–H and O–H groups in total. The molecule has 0 aromatic rings.